The van der Waals surface area contributed by atoms with Crippen LogP contribution in [0.1, 0.15) is 0 Å². The number of hydrogen-bond donors (Lipinski definition) is 1. The van der Waals surface area contributed by atoms with Crippen LogP contribution in [0.3, 0.4) is 0 Å². The van der Waals surface area contributed by atoms with Crippen molar-refractivity contribution in [1.82, 2.24) is 4.37 Å². The Balaban J connectivity index is 2.52. The van der Waals surface area contributed by atoms with E-state index in [1.807, 2.05) is 31.3 Å². The molecule has 6 heteroatoms. The zero-order chi connectivity index (χ0) is 10.7. The number of benzene rings is 1. The second-order valence-corrected chi connectivity index (χ2v) is 4.91. The van der Waals surface area contributed by atoms with E-state index in [9.17, 15) is 0 Å². The lowest BCUT2D eigenvalue weighted by molar-refractivity contribution is 1.36. The van der Waals surface area contributed by atoms with Crippen molar-refractivity contribution < 1.29 is 0 Å². The minimum atomic E-state index is 0.468. The van der Waals surface area contributed by atoms with Gasteiger partial charge in [-0.05, 0) is 22.5 Å². The van der Waals surface area contributed by atoms with Crippen LogP contribution >= 0.6 is 32.5 Å². The summed E-state index contributed by atoms with van der Waals surface area (Å²) in [5.74, 6) is 0. The predicted octanol–water partition coefficient (Wildman–Crippen LogP) is 3.13. The fourth-order valence-corrected chi connectivity index (χ4v) is 3.10. The molecule has 15 heavy (non-hydrogen) atoms. The molecule has 1 aromatic carbocycles. The van der Waals surface area contributed by atoms with Crippen molar-refractivity contribution in [2.75, 3.05) is 12.4 Å². The molecule has 3 nitrogen and oxygen atoms in total. The minimum Gasteiger partial charge on any atom is -0.386 e. The van der Waals surface area contributed by atoms with Crippen LogP contribution in [-0.2, 0) is 0 Å². The van der Waals surface area contributed by atoms with Crippen LogP contribution in [0.5, 0.6) is 0 Å². The van der Waals surface area contributed by atoms with Gasteiger partial charge in [0, 0.05) is 17.6 Å². The van der Waals surface area contributed by atoms with E-state index in [-0.39, 0.29) is 0 Å². The SMILES string of the molecule is CNc1ccccc1N=c1ssnc1Cl. The van der Waals surface area contributed by atoms with Crippen molar-refractivity contribution in [1.29, 1.82) is 0 Å². The molecule has 2 rings (SSSR count). The number of nitrogens with zero attached hydrogens (tertiary/aromatic N) is 2. The normalized spacial score (nSPS) is 11.7. The average molecular weight is 258 g/mol. The summed E-state index contributed by atoms with van der Waals surface area (Å²) < 4.78 is 4.73. The second-order valence-electron chi connectivity index (χ2n) is 2.72. The zero-order valence-electron chi connectivity index (χ0n) is 7.90. The van der Waals surface area contributed by atoms with E-state index in [2.05, 4.69) is 14.7 Å². The maximum atomic E-state index is 5.88. The molecule has 0 aliphatic heterocycles. The summed E-state index contributed by atoms with van der Waals surface area (Å²) in [5.41, 5.74) is 1.85. The largest absolute Gasteiger partial charge is 0.386 e. The summed E-state index contributed by atoms with van der Waals surface area (Å²) in [6, 6.07) is 7.81. The van der Waals surface area contributed by atoms with Crippen LogP contribution < -0.4 is 9.99 Å². The molecule has 0 aliphatic carbocycles. The van der Waals surface area contributed by atoms with Gasteiger partial charge < -0.3 is 5.32 Å². The molecule has 1 heterocycles. The van der Waals surface area contributed by atoms with Crippen molar-refractivity contribution >= 4 is 43.9 Å². The number of anilines is 1. The zero-order valence-corrected chi connectivity index (χ0v) is 10.3. The first-order valence-corrected chi connectivity index (χ1v) is 6.73. The summed E-state index contributed by atoms with van der Waals surface area (Å²) in [6.45, 7) is 0. The van der Waals surface area contributed by atoms with Gasteiger partial charge in [-0.1, -0.05) is 23.7 Å². The topological polar surface area (TPSA) is 37.3 Å². The Morgan fingerprint density at radius 2 is 2.20 bits per heavy atom. The quantitative estimate of drug-likeness (QED) is 0.840. The second kappa shape index (κ2) is 4.74. The summed E-state index contributed by atoms with van der Waals surface area (Å²) >= 11 is 5.88. The van der Waals surface area contributed by atoms with Gasteiger partial charge in [-0.2, -0.15) is 4.37 Å². The average Bonchev–Trinajstić information content (AvgIpc) is 2.65. The van der Waals surface area contributed by atoms with Gasteiger partial charge in [0.15, 0.2) is 9.82 Å². The fraction of sp³-hybridized carbons (Fsp3) is 0.111. The van der Waals surface area contributed by atoms with Crippen LogP contribution in [-0.4, -0.2) is 11.4 Å². The molecule has 0 unspecified atom stereocenters. The summed E-state index contributed by atoms with van der Waals surface area (Å²) in [4.78, 5) is 4.44. The molecule has 1 N–H and O–H groups in total. The molecule has 78 valence electrons. The number of para-hydroxylation sites is 2. The van der Waals surface area contributed by atoms with Crippen LogP contribution in [0, 0.1) is 0 Å². The first kappa shape index (κ1) is 10.6. The number of nitrogens with one attached hydrogen (secondary N) is 1. The van der Waals surface area contributed by atoms with E-state index in [4.69, 9.17) is 11.6 Å². The molecule has 0 bridgehead atoms. The Bertz CT molecular complexity index is 518. The Morgan fingerprint density at radius 1 is 1.40 bits per heavy atom. The van der Waals surface area contributed by atoms with E-state index in [0.29, 0.717) is 5.15 Å². The number of aromatic nitrogens is 1. The Kier molecular flexibility index (Phi) is 3.35. The van der Waals surface area contributed by atoms with Gasteiger partial charge in [-0.15, -0.1) is 0 Å². The van der Waals surface area contributed by atoms with Gasteiger partial charge in [-0.25, -0.2) is 4.99 Å². The van der Waals surface area contributed by atoms with Crippen molar-refractivity contribution in [3.63, 3.8) is 0 Å². The monoisotopic (exact) mass is 257 g/mol. The highest BCUT2D eigenvalue weighted by atomic mass is 35.5. The van der Waals surface area contributed by atoms with Crippen molar-refractivity contribution in [3.8, 4) is 0 Å². The molecule has 2 aromatic rings. The Labute approximate surface area is 99.6 Å². The summed E-state index contributed by atoms with van der Waals surface area (Å²) in [7, 11) is 4.68. The van der Waals surface area contributed by atoms with Crippen LogP contribution in [0.15, 0.2) is 29.3 Å². The third-order valence-corrected chi connectivity index (χ3v) is 3.98. The lowest BCUT2D eigenvalue weighted by Gasteiger charge is -2.02. The highest BCUT2D eigenvalue weighted by molar-refractivity contribution is 7.66. The van der Waals surface area contributed by atoms with Crippen molar-refractivity contribution in [2.45, 2.75) is 0 Å². The fourth-order valence-electron chi connectivity index (χ4n) is 1.12. The van der Waals surface area contributed by atoms with Crippen LogP contribution in [0.25, 0.3) is 0 Å². The minimum absolute atomic E-state index is 0.468. The molecule has 0 aliphatic rings. The Morgan fingerprint density at radius 3 is 2.87 bits per heavy atom. The van der Waals surface area contributed by atoms with Gasteiger partial charge in [0.2, 0.25) is 0 Å². The molecule has 0 fully saturated rings. The maximum Gasteiger partial charge on any atom is 0.179 e. The summed E-state index contributed by atoms with van der Waals surface area (Å²) in [5, 5.41) is 3.55. The molecule has 1 aromatic heterocycles. The third kappa shape index (κ3) is 2.37. The van der Waals surface area contributed by atoms with Gasteiger partial charge in [0.05, 0.1) is 11.4 Å². The molecule has 0 atom stereocenters. The standard InChI is InChI=1S/C9H8ClN3S2/c1-11-6-4-2-3-5-7(6)12-9-8(10)13-15-14-9/h2-5,11H,1H3. The molecular weight excluding hydrogens is 250 g/mol. The van der Waals surface area contributed by atoms with Crippen molar-refractivity contribution in [3.05, 3.63) is 34.1 Å². The predicted molar refractivity (Wildman–Crippen MR) is 66.2 cm³/mol. The highest BCUT2D eigenvalue weighted by Crippen LogP contribution is 2.23. The van der Waals surface area contributed by atoms with Crippen LogP contribution in [0.2, 0.25) is 5.15 Å². The number of hydrogen-bond acceptors (Lipinski definition) is 5. The van der Waals surface area contributed by atoms with E-state index >= 15 is 0 Å². The van der Waals surface area contributed by atoms with E-state index in [1.165, 1.54) is 20.9 Å². The Hall–Kier alpha value is -0.910. The van der Waals surface area contributed by atoms with E-state index in [0.717, 1.165) is 16.0 Å². The van der Waals surface area contributed by atoms with Gasteiger partial charge >= 0.3 is 0 Å². The first-order chi connectivity index (χ1) is 7.31. The maximum absolute atomic E-state index is 5.88. The van der Waals surface area contributed by atoms with E-state index < -0.39 is 0 Å². The molecule has 0 radical (unpaired) electrons. The lowest BCUT2D eigenvalue weighted by Crippen LogP contribution is -1.95. The number of halogens is 1. The molecule has 0 spiro atoms. The first-order valence-electron chi connectivity index (χ1n) is 4.24. The van der Waals surface area contributed by atoms with Crippen molar-refractivity contribution in [2.24, 2.45) is 4.99 Å². The lowest BCUT2D eigenvalue weighted by atomic mass is 10.3. The smallest absolute Gasteiger partial charge is 0.179 e. The van der Waals surface area contributed by atoms with Gasteiger partial charge in [0.1, 0.15) is 0 Å². The van der Waals surface area contributed by atoms with Gasteiger partial charge in [0.25, 0.3) is 0 Å². The van der Waals surface area contributed by atoms with Crippen LogP contribution in [0.4, 0.5) is 11.4 Å². The van der Waals surface area contributed by atoms with Gasteiger partial charge in [-0.3, -0.25) is 0 Å². The number of rotatable bonds is 2. The highest BCUT2D eigenvalue weighted by Gasteiger charge is 2.00. The van der Waals surface area contributed by atoms with E-state index in [1.54, 1.807) is 0 Å². The molecule has 0 saturated heterocycles. The molecular formula is C9H8ClN3S2. The summed E-state index contributed by atoms with van der Waals surface area (Å²) in [6.07, 6.45) is 0. The molecule has 0 amide bonds. The molecule has 0 saturated carbocycles. The third-order valence-electron chi connectivity index (χ3n) is 1.81.